The zero-order valence-corrected chi connectivity index (χ0v) is 10.5. The SMILES string of the molecule is CC1(C(=N)N)CCN(Cc2cccs2)CC1. The lowest BCUT2D eigenvalue weighted by atomic mass is 9.79. The zero-order valence-electron chi connectivity index (χ0n) is 9.70. The molecule has 4 heteroatoms. The lowest BCUT2D eigenvalue weighted by Crippen LogP contribution is -2.44. The predicted molar refractivity (Wildman–Crippen MR) is 68.9 cm³/mol. The van der Waals surface area contributed by atoms with E-state index in [4.69, 9.17) is 11.1 Å². The molecule has 88 valence electrons. The predicted octanol–water partition coefficient (Wildman–Crippen LogP) is 2.29. The summed E-state index contributed by atoms with van der Waals surface area (Å²) in [6.45, 7) is 5.26. The lowest BCUT2D eigenvalue weighted by molar-refractivity contribution is 0.157. The molecule has 1 aliphatic heterocycles. The van der Waals surface area contributed by atoms with Crippen LogP contribution in [0.1, 0.15) is 24.6 Å². The van der Waals surface area contributed by atoms with Crippen molar-refractivity contribution in [3.63, 3.8) is 0 Å². The highest BCUT2D eigenvalue weighted by Gasteiger charge is 2.32. The molecule has 0 unspecified atom stereocenters. The molecule has 0 atom stereocenters. The average molecular weight is 237 g/mol. The minimum Gasteiger partial charge on any atom is -0.387 e. The maximum Gasteiger partial charge on any atom is 0.0966 e. The van der Waals surface area contributed by atoms with Crippen molar-refractivity contribution in [3.05, 3.63) is 22.4 Å². The third-order valence-corrected chi connectivity index (χ3v) is 4.43. The van der Waals surface area contributed by atoms with Crippen LogP contribution in [0.15, 0.2) is 17.5 Å². The Balaban J connectivity index is 1.88. The van der Waals surface area contributed by atoms with Gasteiger partial charge in [0, 0.05) is 16.8 Å². The highest BCUT2D eigenvalue weighted by atomic mass is 32.1. The molecular weight excluding hydrogens is 218 g/mol. The second-order valence-corrected chi connectivity index (χ2v) is 5.86. The Morgan fingerprint density at radius 1 is 1.56 bits per heavy atom. The Hall–Kier alpha value is -0.870. The number of rotatable bonds is 3. The molecule has 0 spiro atoms. The minimum absolute atomic E-state index is 0.0635. The zero-order chi connectivity index (χ0) is 11.6. The summed E-state index contributed by atoms with van der Waals surface area (Å²) in [4.78, 5) is 3.88. The molecule has 1 saturated heterocycles. The van der Waals surface area contributed by atoms with Crippen LogP contribution in [0.5, 0.6) is 0 Å². The van der Waals surface area contributed by atoms with Crippen molar-refractivity contribution < 1.29 is 0 Å². The fraction of sp³-hybridized carbons (Fsp3) is 0.583. The molecule has 16 heavy (non-hydrogen) atoms. The van der Waals surface area contributed by atoms with Gasteiger partial charge in [0.1, 0.15) is 0 Å². The average Bonchev–Trinajstić information content (AvgIpc) is 2.74. The standard InChI is InChI=1S/C12H19N3S/c1-12(11(13)14)4-6-15(7-5-12)9-10-3-2-8-16-10/h2-3,8H,4-7,9H2,1H3,(H3,13,14). The van der Waals surface area contributed by atoms with Gasteiger partial charge in [-0.15, -0.1) is 11.3 Å². The number of hydrogen-bond acceptors (Lipinski definition) is 3. The van der Waals surface area contributed by atoms with Gasteiger partial charge in [0.15, 0.2) is 0 Å². The number of nitrogens with one attached hydrogen (secondary N) is 1. The van der Waals surface area contributed by atoms with Crippen LogP contribution >= 0.6 is 11.3 Å². The van der Waals surface area contributed by atoms with Crippen LogP contribution in [0.2, 0.25) is 0 Å². The summed E-state index contributed by atoms with van der Waals surface area (Å²) in [5, 5.41) is 9.73. The van der Waals surface area contributed by atoms with Gasteiger partial charge in [0.05, 0.1) is 5.84 Å². The van der Waals surface area contributed by atoms with Gasteiger partial charge in [-0.25, -0.2) is 0 Å². The van der Waals surface area contributed by atoms with E-state index in [1.165, 1.54) is 4.88 Å². The highest BCUT2D eigenvalue weighted by Crippen LogP contribution is 2.31. The fourth-order valence-electron chi connectivity index (χ4n) is 2.10. The topological polar surface area (TPSA) is 53.1 Å². The van der Waals surface area contributed by atoms with E-state index in [0.717, 1.165) is 32.5 Å². The second kappa shape index (κ2) is 4.55. The smallest absolute Gasteiger partial charge is 0.0966 e. The van der Waals surface area contributed by atoms with E-state index in [1.807, 2.05) is 11.3 Å². The van der Waals surface area contributed by atoms with Crippen molar-refractivity contribution in [2.75, 3.05) is 13.1 Å². The van der Waals surface area contributed by atoms with Gasteiger partial charge in [0.25, 0.3) is 0 Å². The van der Waals surface area contributed by atoms with Crippen LogP contribution in [0, 0.1) is 10.8 Å². The number of thiophene rings is 1. The Morgan fingerprint density at radius 3 is 2.75 bits per heavy atom. The third kappa shape index (κ3) is 2.44. The molecule has 1 aliphatic rings. The summed E-state index contributed by atoms with van der Waals surface area (Å²) in [5.74, 6) is 0.350. The molecule has 2 rings (SSSR count). The van der Waals surface area contributed by atoms with Crippen LogP contribution in [0.25, 0.3) is 0 Å². The Labute approximate surface area is 101 Å². The molecule has 1 aromatic heterocycles. The normalized spacial score (nSPS) is 20.8. The van der Waals surface area contributed by atoms with Gasteiger partial charge in [0.2, 0.25) is 0 Å². The first-order chi connectivity index (χ1) is 7.60. The molecule has 3 nitrogen and oxygen atoms in total. The van der Waals surface area contributed by atoms with E-state index in [2.05, 4.69) is 29.3 Å². The van der Waals surface area contributed by atoms with Crippen molar-refractivity contribution in [2.24, 2.45) is 11.1 Å². The summed E-state index contributed by atoms with van der Waals surface area (Å²) in [5.41, 5.74) is 5.59. The molecule has 1 aromatic rings. The van der Waals surface area contributed by atoms with E-state index >= 15 is 0 Å². The Morgan fingerprint density at radius 2 is 2.25 bits per heavy atom. The molecule has 1 fully saturated rings. The quantitative estimate of drug-likeness (QED) is 0.626. The van der Waals surface area contributed by atoms with Crippen molar-refractivity contribution in [3.8, 4) is 0 Å². The van der Waals surface area contributed by atoms with E-state index in [9.17, 15) is 0 Å². The molecule has 0 aromatic carbocycles. The molecule has 0 saturated carbocycles. The second-order valence-electron chi connectivity index (χ2n) is 4.83. The first-order valence-electron chi connectivity index (χ1n) is 5.69. The summed E-state index contributed by atoms with van der Waals surface area (Å²) in [7, 11) is 0. The summed E-state index contributed by atoms with van der Waals surface area (Å²) in [6, 6.07) is 4.28. The number of likely N-dealkylation sites (tertiary alicyclic amines) is 1. The van der Waals surface area contributed by atoms with Gasteiger partial charge in [-0.3, -0.25) is 10.3 Å². The molecule has 0 aliphatic carbocycles. The minimum atomic E-state index is -0.0635. The highest BCUT2D eigenvalue weighted by molar-refractivity contribution is 7.09. The third-order valence-electron chi connectivity index (χ3n) is 3.57. The maximum atomic E-state index is 7.61. The molecule has 2 heterocycles. The Bertz CT molecular complexity index is 350. The summed E-state index contributed by atoms with van der Waals surface area (Å²) < 4.78 is 0. The van der Waals surface area contributed by atoms with Crippen LogP contribution in [0.3, 0.4) is 0 Å². The number of nitrogens with zero attached hydrogens (tertiary/aromatic N) is 1. The van der Waals surface area contributed by atoms with Crippen molar-refractivity contribution in [2.45, 2.75) is 26.3 Å². The fourth-order valence-corrected chi connectivity index (χ4v) is 2.84. The van der Waals surface area contributed by atoms with Gasteiger partial charge in [-0.2, -0.15) is 0 Å². The van der Waals surface area contributed by atoms with Crippen molar-refractivity contribution in [1.82, 2.24) is 4.90 Å². The molecule has 0 bridgehead atoms. The molecule has 0 amide bonds. The van der Waals surface area contributed by atoms with Crippen LogP contribution in [-0.2, 0) is 6.54 Å². The first-order valence-corrected chi connectivity index (χ1v) is 6.57. The van der Waals surface area contributed by atoms with Gasteiger partial charge in [-0.05, 0) is 37.4 Å². The maximum absolute atomic E-state index is 7.61. The molecule has 0 radical (unpaired) electrons. The summed E-state index contributed by atoms with van der Waals surface area (Å²) >= 11 is 1.81. The van der Waals surface area contributed by atoms with Crippen molar-refractivity contribution in [1.29, 1.82) is 5.41 Å². The van der Waals surface area contributed by atoms with Crippen molar-refractivity contribution >= 4 is 17.2 Å². The first kappa shape index (κ1) is 11.6. The largest absolute Gasteiger partial charge is 0.387 e. The Kier molecular flexibility index (Phi) is 3.30. The number of amidine groups is 1. The van der Waals surface area contributed by atoms with E-state index < -0.39 is 0 Å². The van der Waals surface area contributed by atoms with Crippen LogP contribution < -0.4 is 5.73 Å². The lowest BCUT2D eigenvalue weighted by Gasteiger charge is -2.38. The number of hydrogen-bond donors (Lipinski definition) is 2. The summed E-state index contributed by atoms with van der Waals surface area (Å²) in [6.07, 6.45) is 2.02. The van der Waals surface area contributed by atoms with Gasteiger partial charge < -0.3 is 5.73 Å². The number of nitrogens with two attached hydrogens (primary N) is 1. The monoisotopic (exact) mass is 237 g/mol. The van der Waals surface area contributed by atoms with Crippen LogP contribution in [-0.4, -0.2) is 23.8 Å². The van der Waals surface area contributed by atoms with Gasteiger partial charge >= 0.3 is 0 Å². The van der Waals surface area contributed by atoms with E-state index in [1.54, 1.807) is 0 Å². The molecule has 3 N–H and O–H groups in total. The van der Waals surface area contributed by atoms with Gasteiger partial charge in [-0.1, -0.05) is 13.0 Å². The van der Waals surface area contributed by atoms with E-state index in [0.29, 0.717) is 5.84 Å². The molecular formula is C12H19N3S. The van der Waals surface area contributed by atoms with Crippen LogP contribution in [0.4, 0.5) is 0 Å². The van der Waals surface area contributed by atoms with E-state index in [-0.39, 0.29) is 5.41 Å². The number of piperidine rings is 1.